The maximum Gasteiger partial charge on any atom is 0.251 e. The van der Waals surface area contributed by atoms with E-state index in [9.17, 15) is 4.79 Å². The van der Waals surface area contributed by atoms with Gasteiger partial charge in [-0.2, -0.15) is 11.8 Å². The summed E-state index contributed by atoms with van der Waals surface area (Å²) in [5.74, 6) is 2.06. The smallest absolute Gasteiger partial charge is 0.251 e. The summed E-state index contributed by atoms with van der Waals surface area (Å²) in [6.45, 7) is 5.90. The molecule has 1 aromatic rings. The third-order valence-corrected chi connectivity index (χ3v) is 6.03. The monoisotopic (exact) mass is 518 g/mol. The summed E-state index contributed by atoms with van der Waals surface area (Å²) in [6.07, 6.45) is 5.89. The molecule has 2 unspecified atom stereocenters. The molecule has 2 rings (SSSR count). The van der Waals surface area contributed by atoms with Crippen LogP contribution in [0.5, 0.6) is 0 Å². The fraction of sp³-hybridized carbons (Fsp3) is 0.619. The number of halogens is 1. The first-order valence-electron chi connectivity index (χ1n) is 10.1. The van der Waals surface area contributed by atoms with E-state index in [1.165, 1.54) is 31.4 Å². The van der Waals surface area contributed by atoms with Gasteiger partial charge < -0.3 is 16.0 Å². The van der Waals surface area contributed by atoms with E-state index in [0.717, 1.165) is 29.7 Å². The highest BCUT2D eigenvalue weighted by Gasteiger charge is 2.22. The summed E-state index contributed by atoms with van der Waals surface area (Å²) in [4.78, 5) is 16.5. The van der Waals surface area contributed by atoms with Crippen molar-refractivity contribution in [3.05, 3.63) is 35.4 Å². The standard InChI is InChI=1S/C21H34N4OS.HI/c1-4-23-21(25-18-10-7-11-19(15-18)27-5-2)24-13-12-16-8-6-9-17(14-16)20(26)22-3;/h6,8-9,14,18-19H,4-5,7,10-13,15H2,1-3H3,(H,22,26)(H2,23,24,25);1H. The van der Waals surface area contributed by atoms with Crippen molar-refractivity contribution in [1.82, 2.24) is 16.0 Å². The Bertz CT molecular complexity index is 624. The SMILES string of the molecule is CCNC(=NCCc1cccc(C(=O)NC)c1)NC1CCCC(SCC)C1.I. The number of rotatable bonds is 8. The number of hydrogen-bond donors (Lipinski definition) is 3. The lowest BCUT2D eigenvalue weighted by Gasteiger charge is -2.30. The molecule has 0 saturated heterocycles. The van der Waals surface area contributed by atoms with E-state index in [2.05, 4.69) is 47.6 Å². The van der Waals surface area contributed by atoms with E-state index in [-0.39, 0.29) is 29.9 Å². The molecule has 0 spiro atoms. The number of hydrogen-bond acceptors (Lipinski definition) is 3. The van der Waals surface area contributed by atoms with Gasteiger partial charge in [0.05, 0.1) is 0 Å². The molecule has 5 nitrogen and oxygen atoms in total. The van der Waals surface area contributed by atoms with Crippen molar-refractivity contribution in [2.45, 2.75) is 57.2 Å². The van der Waals surface area contributed by atoms with Crippen LogP contribution in [0, 0.1) is 0 Å². The molecular weight excluding hydrogens is 483 g/mol. The second-order valence-electron chi connectivity index (χ2n) is 6.88. The Labute approximate surface area is 191 Å². The van der Waals surface area contributed by atoms with Crippen molar-refractivity contribution >= 4 is 47.6 Å². The summed E-state index contributed by atoms with van der Waals surface area (Å²) in [5, 5.41) is 10.4. The molecule has 1 fully saturated rings. The number of nitrogens with zero attached hydrogens (tertiary/aromatic N) is 1. The highest BCUT2D eigenvalue weighted by atomic mass is 127. The largest absolute Gasteiger partial charge is 0.357 e. The molecule has 158 valence electrons. The number of carbonyl (C=O) groups is 1. The van der Waals surface area contributed by atoms with Crippen LogP contribution in [0.4, 0.5) is 0 Å². The van der Waals surface area contributed by atoms with Gasteiger partial charge in [0.1, 0.15) is 0 Å². The van der Waals surface area contributed by atoms with Gasteiger partial charge in [0.25, 0.3) is 5.91 Å². The lowest BCUT2D eigenvalue weighted by atomic mass is 9.95. The van der Waals surface area contributed by atoms with E-state index < -0.39 is 0 Å². The Morgan fingerprint density at radius 3 is 2.82 bits per heavy atom. The van der Waals surface area contributed by atoms with Crippen LogP contribution in [-0.2, 0) is 6.42 Å². The van der Waals surface area contributed by atoms with E-state index in [4.69, 9.17) is 4.99 Å². The van der Waals surface area contributed by atoms with Crippen molar-refractivity contribution in [3.8, 4) is 0 Å². The molecule has 1 saturated carbocycles. The first-order valence-corrected chi connectivity index (χ1v) is 11.2. The fourth-order valence-electron chi connectivity index (χ4n) is 3.49. The molecular formula is C21H35IN4OS. The highest BCUT2D eigenvalue weighted by Crippen LogP contribution is 2.28. The average molecular weight is 519 g/mol. The molecule has 0 aliphatic heterocycles. The highest BCUT2D eigenvalue weighted by molar-refractivity contribution is 14.0. The normalized spacial score (nSPS) is 19.5. The Hall–Kier alpha value is -0.960. The molecule has 28 heavy (non-hydrogen) atoms. The van der Waals surface area contributed by atoms with E-state index in [0.29, 0.717) is 18.2 Å². The quantitative estimate of drug-likeness (QED) is 0.278. The van der Waals surface area contributed by atoms with E-state index in [1.807, 2.05) is 18.2 Å². The van der Waals surface area contributed by atoms with Gasteiger partial charge in [0.15, 0.2) is 5.96 Å². The lowest BCUT2D eigenvalue weighted by molar-refractivity contribution is 0.0963. The van der Waals surface area contributed by atoms with Crippen molar-refractivity contribution in [3.63, 3.8) is 0 Å². The van der Waals surface area contributed by atoms with Gasteiger partial charge in [-0.1, -0.05) is 25.5 Å². The zero-order valence-electron chi connectivity index (χ0n) is 17.3. The number of amides is 1. The molecule has 0 radical (unpaired) electrons. The molecule has 0 aromatic heterocycles. The van der Waals surface area contributed by atoms with E-state index >= 15 is 0 Å². The van der Waals surface area contributed by atoms with Gasteiger partial charge in [0, 0.05) is 37.0 Å². The Morgan fingerprint density at radius 1 is 1.29 bits per heavy atom. The zero-order valence-corrected chi connectivity index (χ0v) is 20.4. The van der Waals surface area contributed by atoms with Gasteiger partial charge in [-0.3, -0.25) is 9.79 Å². The molecule has 1 aliphatic rings. The number of guanidine groups is 1. The summed E-state index contributed by atoms with van der Waals surface area (Å²) in [7, 11) is 1.66. The van der Waals surface area contributed by atoms with Crippen LogP contribution in [0.3, 0.4) is 0 Å². The Morgan fingerprint density at radius 2 is 2.11 bits per heavy atom. The van der Waals surface area contributed by atoms with Gasteiger partial charge in [-0.05, 0) is 56.1 Å². The average Bonchev–Trinajstić information content (AvgIpc) is 2.68. The van der Waals surface area contributed by atoms with Gasteiger partial charge in [0.2, 0.25) is 0 Å². The molecule has 1 aromatic carbocycles. The molecule has 0 heterocycles. The fourth-order valence-corrected chi connectivity index (χ4v) is 4.66. The maximum absolute atomic E-state index is 11.8. The van der Waals surface area contributed by atoms with Gasteiger partial charge in [-0.15, -0.1) is 24.0 Å². The first-order chi connectivity index (χ1) is 13.2. The topological polar surface area (TPSA) is 65.5 Å². The second-order valence-corrected chi connectivity index (χ2v) is 8.45. The maximum atomic E-state index is 11.8. The molecule has 1 amide bonds. The number of benzene rings is 1. The molecule has 3 N–H and O–H groups in total. The minimum absolute atomic E-state index is 0. The number of thioether (sulfide) groups is 1. The van der Waals surface area contributed by atoms with Gasteiger partial charge in [-0.25, -0.2) is 0 Å². The third-order valence-electron chi connectivity index (χ3n) is 4.80. The predicted octanol–water partition coefficient (Wildman–Crippen LogP) is 3.83. The molecule has 1 aliphatic carbocycles. The summed E-state index contributed by atoms with van der Waals surface area (Å²) in [5.41, 5.74) is 1.83. The predicted molar refractivity (Wildman–Crippen MR) is 132 cm³/mol. The van der Waals surface area contributed by atoms with Crippen LogP contribution in [0.2, 0.25) is 0 Å². The van der Waals surface area contributed by atoms with Crippen LogP contribution in [0.15, 0.2) is 29.3 Å². The number of carbonyl (C=O) groups excluding carboxylic acids is 1. The van der Waals surface area contributed by atoms with Gasteiger partial charge >= 0.3 is 0 Å². The third kappa shape index (κ3) is 8.59. The minimum atomic E-state index is -0.0489. The van der Waals surface area contributed by atoms with Crippen LogP contribution < -0.4 is 16.0 Å². The molecule has 7 heteroatoms. The van der Waals surface area contributed by atoms with Crippen molar-refractivity contribution in [2.24, 2.45) is 4.99 Å². The number of aliphatic imine (C=N–C) groups is 1. The first kappa shape index (κ1) is 25.1. The lowest BCUT2D eigenvalue weighted by Crippen LogP contribution is -2.45. The number of nitrogens with one attached hydrogen (secondary N) is 3. The van der Waals surface area contributed by atoms with Crippen molar-refractivity contribution in [2.75, 3.05) is 25.9 Å². The Balaban J connectivity index is 0.00000392. The molecule has 0 bridgehead atoms. The zero-order chi connectivity index (χ0) is 19.5. The van der Waals surface area contributed by atoms with Crippen LogP contribution in [-0.4, -0.2) is 49.0 Å². The van der Waals surface area contributed by atoms with Crippen LogP contribution >= 0.6 is 35.7 Å². The van der Waals surface area contributed by atoms with Crippen LogP contribution in [0.25, 0.3) is 0 Å². The summed E-state index contributed by atoms with van der Waals surface area (Å²) < 4.78 is 0. The molecule has 2 atom stereocenters. The Kier molecular flexibility index (Phi) is 12.6. The minimum Gasteiger partial charge on any atom is -0.357 e. The van der Waals surface area contributed by atoms with Crippen molar-refractivity contribution < 1.29 is 4.79 Å². The van der Waals surface area contributed by atoms with E-state index in [1.54, 1.807) is 7.05 Å². The second kappa shape index (κ2) is 14.1. The van der Waals surface area contributed by atoms with Crippen LogP contribution in [0.1, 0.15) is 55.5 Å². The van der Waals surface area contributed by atoms with Crippen molar-refractivity contribution in [1.29, 1.82) is 0 Å². The summed E-state index contributed by atoms with van der Waals surface area (Å²) >= 11 is 2.08. The summed E-state index contributed by atoms with van der Waals surface area (Å²) in [6, 6.07) is 8.28.